The van der Waals surface area contributed by atoms with Crippen LogP contribution < -0.4 is 4.74 Å². The van der Waals surface area contributed by atoms with Gasteiger partial charge in [0, 0.05) is 23.6 Å². The Labute approximate surface area is 131 Å². The third-order valence-corrected chi connectivity index (χ3v) is 3.88. The van der Waals surface area contributed by atoms with Crippen molar-refractivity contribution in [2.45, 2.75) is 45.0 Å². The molecule has 21 heavy (non-hydrogen) atoms. The zero-order valence-corrected chi connectivity index (χ0v) is 13.5. The van der Waals surface area contributed by atoms with E-state index in [-0.39, 0.29) is 17.5 Å². The number of hydrogen-bond acceptors (Lipinski definition) is 5. The van der Waals surface area contributed by atoms with E-state index in [0.29, 0.717) is 23.1 Å². The third kappa shape index (κ3) is 3.53. The topological polar surface area (TPSA) is 81.8 Å². The maximum absolute atomic E-state index is 11.2. The van der Waals surface area contributed by atoms with E-state index in [1.165, 1.54) is 6.07 Å². The summed E-state index contributed by atoms with van der Waals surface area (Å²) in [4.78, 5) is 10.7. The fourth-order valence-corrected chi connectivity index (χ4v) is 2.86. The van der Waals surface area contributed by atoms with Gasteiger partial charge in [-0.1, -0.05) is 22.9 Å². The van der Waals surface area contributed by atoms with Gasteiger partial charge in [-0.15, -0.1) is 0 Å². The Balaban J connectivity index is 2.18. The van der Waals surface area contributed by atoms with Crippen LogP contribution in [0.15, 0.2) is 16.6 Å². The van der Waals surface area contributed by atoms with Crippen LogP contribution in [0.2, 0.25) is 0 Å². The molecule has 0 aliphatic heterocycles. The molecule has 2 rings (SSSR count). The molecule has 1 N–H and O–H groups in total. The first kappa shape index (κ1) is 16.2. The Morgan fingerprint density at radius 1 is 1.52 bits per heavy atom. The third-order valence-electron chi connectivity index (χ3n) is 3.42. The van der Waals surface area contributed by atoms with Crippen LogP contribution >= 0.6 is 15.9 Å². The Kier molecular flexibility index (Phi) is 5.18. The van der Waals surface area contributed by atoms with Crippen molar-refractivity contribution in [1.29, 1.82) is 0 Å². The molecule has 1 fully saturated rings. The van der Waals surface area contributed by atoms with Crippen molar-refractivity contribution < 1.29 is 19.5 Å². The average Bonchev–Trinajstić information content (AvgIpc) is 2.40. The summed E-state index contributed by atoms with van der Waals surface area (Å²) in [5.41, 5.74) is 0.587. The second-order valence-electron chi connectivity index (χ2n) is 5.12. The van der Waals surface area contributed by atoms with Gasteiger partial charge in [0.05, 0.1) is 11.0 Å². The lowest BCUT2D eigenvalue weighted by Crippen LogP contribution is -2.55. The summed E-state index contributed by atoms with van der Waals surface area (Å²) in [6.45, 7) is 4.26. The van der Waals surface area contributed by atoms with Crippen LogP contribution in [0.25, 0.3) is 0 Å². The van der Waals surface area contributed by atoms with E-state index >= 15 is 0 Å². The molecule has 0 amide bonds. The number of hydrogen-bond donors (Lipinski definition) is 1. The van der Waals surface area contributed by atoms with E-state index in [9.17, 15) is 15.2 Å². The molecular formula is C14H18BrNO5. The fourth-order valence-electron chi connectivity index (χ4n) is 2.30. The molecule has 3 unspecified atom stereocenters. The SMILES string of the molecule is CCCOC1C(O)CC1Oc1c(C)cc(Br)cc1[N+](=O)[O-]. The number of benzene rings is 1. The highest BCUT2D eigenvalue weighted by molar-refractivity contribution is 9.10. The van der Waals surface area contributed by atoms with Crippen molar-refractivity contribution in [2.75, 3.05) is 6.61 Å². The van der Waals surface area contributed by atoms with E-state index in [1.807, 2.05) is 6.92 Å². The first-order chi connectivity index (χ1) is 9.93. The van der Waals surface area contributed by atoms with Gasteiger partial charge in [0.25, 0.3) is 0 Å². The Morgan fingerprint density at radius 3 is 2.81 bits per heavy atom. The van der Waals surface area contributed by atoms with E-state index in [4.69, 9.17) is 9.47 Å². The monoisotopic (exact) mass is 359 g/mol. The quantitative estimate of drug-likeness (QED) is 0.623. The second kappa shape index (κ2) is 6.72. The maximum atomic E-state index is 11.2. The normalized spacial score (nSPS) is 24.5. The minimum absolute atomic E-state index is 0.0856. The molecule has 7 heteroatoms. The molecular weight excluding hydrogens is 342 g/mol. The maximum Gasteiger partial charge on any atom is 0.312 e. The summed E-state index contributed by atoms with van der Waals surface area (Å²) in [5.74, 6) is 0.241. The zero-order chi connectivity index (χ0) is 15.6. The van der Waals surface area contributed by atoms with Crippen LogP contribution in [0.4, 0.5) is 5.69 Å². The lowest BCUT2D eigenvalue weighted by Gasteiger charge is -2.40. The number of aryl methyl sites for hydroxylation is 1. The van der Waals surface area contributed by atoms with Gasteiger partial charge >= 0.3 is 5.69 Å². The Bertz CT molecular complexity index is 536. The predicted molar refractivity (Wildman–Crippen MR) is 80.6 cm³/mol. The van der Waals surface area contributed by atoms with Crippen LogP contribution in [0.5, 0.6) is 5.75 Å². The largest absolute Gasteiger partial charge is 0.480 e. The Morgan fingerprint density at radius 2 is 2.24 bits per heavy atom. The van der Waals surface area contributed by atoms with Crippen molar-refractivity contribution in [3.8, 4) is 5.75 Å². The van der Waals surface area contributed by atoms with Crippen LogP contribution in [0.3, 0.4) is 0 Å². The number of aliphatic hydroxyl groups is 1. The number of rotatable bonds is 6. The second-order valence-corrected chi connectivity index (χ2v) is 6.04. The number of nitro groups is 1. The number of halogens is 1. The molecule has 116 valence electrons. The molecule has 0 spiro atoms. The molecule has 3 atom stereocenters. The van der Waals surface area contributed by atoms with Crippen molar-refractivity contribution in [3.05, 3.63) is 32.3 Å². The van der Waals surface area contributed by atoms with Crippen LogP contribution in [-0.4, -0.2) is 34.9 Å². The average molecular weight is 360 g/mol. The van der Waals surface area contributed by atoms with Crippen LogP contribution in [0.1, 0.15) is 25.3 Å². The molecule has 1 aromatic rings. The predicted octanol–water partition coefficient (Wildman–Crippen LogP) is 2.97. The molecule has 1 aliphatic carbocycles. The molecule has 0 bridgehead atoms. The minimum atomic E-state index is -0.573. The summed E-state index contributed by atoms with van der Waals surface area (Å²) in [6, 6.07) is 3.18. The molecule has 1 aliphatic rings. The molecule has 0 radical (unpaired) electrons. The lowest BCUT2D eigenvalue weighted by atomic mass is 9.88. The van der Waals surface area contributed by atoms with Gasteiger partial charge < -0.3 is 14.6 Å². The molecule has 6 nitrogen and oxygen atoms in total. The first-order valence-corrected chi connectivity index (χ1v) is 7.64. The summed E-state index contributed by atoms with van der Waals surface area (Å²) in [6.07, 6.45) is -0.0943. The van der Waals surface area contributed by atoms with Gasteiger partial charge in [0.2, 0.25) is 5.75 Å². The van der Waals surface area contributed by atoms with Crippen molar-refractivity contribution in [3.63, 3.8) is 0 Å². The smallest absolute Gasteiger partial charge is 0.312 e. The molecule has 0 heterocycles. The zero-order valence-electron chi connectivity index (χ0n) is 11.9. The highest BCUT2D eigenvalue weighted by Crippen LogP contribution is 2.38. The number of ether oxygens (including phenoxy) is 2. The number of nitrogens with zero attached hydrogens (tertiary/aromatic N) is 1. The van der Waals surface area contributed by atoms with Crippen molar-refractivity contribution in [2.24, 2.45) is 0 Å². The first-order valence-electron chi connectivity index (χ1n) is 6.85. The van der Waals surface area contributed by atoms with E-state index in [0.717, 1.165) is 6.42 Å². The van der Waals surface area contributed by atoms with E-state index < -0.39 is 17.1 Å². The summed E-state index contributed by atoms with van der Waals surface area (Å²) >= 11 is 3.24. The van der Waals surface area contributed by atoms with Gasteiger partial charge in [-0.2, -0.15) is 0 Å². The molecule has 1 saturated carbocycles. The Hall–Kier alpha value is -1.18. The van der Waals surface area contributed by atoms with Crippen LogP contribution in [0, 0.1) is 17.0 Å². The standard InChI is InChI=1S/C14H18BrNO5/c1-3-4-20-14-11(17)7-12(14)21-13-8(2)5-9(15)6-10(13)16(18)19/h5-6,11-12,14,17H,3-4,7H2,1-2H3. The van der Waals surface area contributed by atoms with Crippen molar-refractivity contribution in [1.82, 2.24) is 0 Å². The van der Waals surface area contributed by atoms with Gasteiger partial charge in [-0.05, 0) is 25.0 Å². The summed E-state index contributed by atoms with van der Waals surface area (Å²) in [7, 11) is 0. The van der Waals surface area contributed by atoms with E-state index in [1.54, 1.807) is 13.0 Å². The highest BCUT2D eigenvalue weighted by atomic mass is 79.9. The van der Waals surface area contributed by atoms with E-state index in [2.05, 4.69) is 15.9 Å². The van der Waals surface area contributed by atoms with Gasteiger partial charge in [-0.25, -0.2) is 0 Å². The molecule has 0 aromatic heterocycles. The lowest BCUT2D eigenvalue weighted by molar-refractivity contribution is -0.386. The molecule has 1 aromatic carbocycles. The van der Waals surface area contributed by atoms with Crippen molar-refractivity contribution >= 4 is 21.6 Å². The number of nitro benzene ring substituents is 1. The highest BCUT2D eigenvalue weighted by Gasteiger charge is 2.43. The van der Waals surface area contributed by atoms with Crippen LogP contribution in [-0.2, 0) is 4.74 Å². The van der Waals surface area contributed by atoms with Gasteiger partial charge in [0.1, 0.15) is 12.2 Å². The number of aliphatic hydroxyl groups excluding tert-OH is 1. The summed E-state index contributed by atoms with van der Waals surface area (Å²) in [5, 5.41) is 20.9. The van der Waals surface area contributed by atoms with Gasteiger partial charge in [-0.3, -0.25) is 10.1 Å². The van der Waals surface area contributed by atoms with Gasteiger partial charge in [0.15, 0.2) is 0 Å². The fraction of sp³-hybridized carbons (Fsp3) is 0.571. The summed E-state index contributed by atoms with van der Waals surface area (Å²) < 4.78 is 11.9. The molecule has 0 saturated heterocycles. The minimum Gasteiger partial charge on any atom is -0.480 e.